The monoisotopic (exact) mass is 251 g/mol. The molecule has 98 valence electrons. The Bertz CT molecular complexity index is 431. The topological polar surface area (TPSA) is 76.8 Å². The first-order valence-corrected chi connectivity index (χ1v) is 5.76. The van der Waals surface area contributed by atoms with Gasteiger partial charge in [-0.1, -0.05) is 0 Å². The quantitative estimate of drug-likeness (QED) is 0.608. The van der Waals surface area contributed by atoms with E-state index in [-0.39, 0.29) is 0 Å². The number of carbonyl (C=O) groups is 1. The van der Waals surface area contributed by atoms with Gasteiger partial charge in [-0.3, -0.25) is 4.79 Å². The van der Waals surface area contributed by atoms with Crippen LogP contribution in [0.25, 0.3) is 0 Å². The number of ether oxygens (including phenoxy) is 2. The van der Waals surface area contributed by atoms with Crippen LogP contribution in [0, 0.1) is 0 Å². The second kappa shape index (κ2) is 5.59. The maximum Gasteiger partial charge on any atom is 0.211 e. The van der Waals surface area contributed by atoms with Crippen molar-refractivity contribution < 1.29 is 14.3 Å². The number of hydrogen-bond donors (Lipinski definition) is 2. The van der Waals surface area contributed by atoms with Gasteiger partial charge in [-0.15, -0.1) is 0 Å². The lowest BCUT2D eigenvalue weighted by Gasteiger charge is -2.30. The smallest absolute Gasteiger partial charge is 0.211 e. The minimum atomic E-state index is 0.571. The van der Waals surface area contributed by atoms with Gasteiger partial charge in [-0.05, 0) is 6.07 Å². The number of rotatable bonds is 4. The van der Waals surface area contributed by atoms with Gasteiger partial charge in [0.05, 0.1) is 37.4 Å². The molecule has 2 rings (SSSR count). The third-order valence-corrected chi connectivity index (χ3v) is 2.91. The molecule has 1 amide bonds. The van der Waals surface area contributed by atoms with E-state index in [9.17, 15) is 4.79 Å². The van der Waals surface area contributed by atoms with Gasteiger partial charge in [0.15, 0.2) is 0 Å². The molecule has 1 aromatic carbocycles. The van der Waals surface area contributed by atoms with Crippen molar-refractivity contribution in [3.8, 4) is 5.75 Å². The van der Waals surface area contributed by atoms with Crippen LogP contribution >= 0.6 is 0 Å². The van der Waals surface area contributed by atoms with E-state index < -0.39 is 0 Å². The predicted molar refractivity (Wildman–Crippen MR) is 70.1 cm³/mol. The molecule has 0 saturated carbocycles. The molecule has 0 unspecified atom stereocenters. The van der Waals surface area contributed by atoms with Gasteiger partial charge in [0.2, 0.25) is 6.41 Å². The minimum absolute atomic E-state index is 0.571. The van der Waals surface area contributed by atoms with Crippen LogP contribution in [-0.4, -0.2) is 39.8 Å². The predicted octanol–water partition coefficient (Wildman–Crippen LogP) is 0.682. The summed E-state index contributed by atoms with van der Waals surface area (Å²) < 4.78 is 10.6. The Labute approximate surface area is 106 Å². The number of nitrogen functional groups attached to an aromatic ring is 1. The Balaban J connectivity index is 2.32. The minimum Gasteiger partial charge on any atom is -0.494 e. The highest BCUT2D eigenvalue weighted by Gasteiger charge is 2.16. The van der Waals surface area contributed by atoms with Crippen molar-refractivity contribution in [3.05, 3.63) is 12.1 Å². The zero-order valence-corrected chi connectivity index (χ0v) is 10.3. The number of nitrogens with zero attached hydrogens (tertiary/aromatic N) is 1. The van der Waals surface area contributed by atoms with Crippen LogP contribution in [0.4, 0.5) is 17.1 Å². The molecular weight excluding hydrogens is 234 g/mol. The van der Waals surface area contributed by atoms with Crippen LogP contribution in [0.3, 0.4) is 0 Å². The second-order valence-electron chi connectivity index (χ2n) is 3.97. The molecular formula is C12H17N3O3. The number of nitrogens with one attached hydrogen (secondary N) is 1. The Morgan fingerprint density at radius 1 is 1.44 bits per heavy atom. The lowest BCUT2D eigenvalue weighted by molar-refractivity contribution is -0.105. The molecule has 0 atom stereocenters. The van der Waals surface area contributed by atoms with Gasteiger partial charge in [-0.2, -0.15) is 0 Å². The SMILES string of the molecule is COc1cc(N2CCOCC2)c(N)cc1NC=O. The van der Waals surface area contributed by atoms with E-state index in [1.165, 1.54) is 0 Å². The molecule has 0 aliphatic carbocycles. The molecule has 0 bridgehead atoms. The number of morpholine rings is 1. The van der Waals surface area contributed by atoms with Crippen molar-refractivity contribution in [2.45, 2.75) is 0 Å². The Morgan fingerprint density at radius 2 is 2.17 bits per heavy atom. The number of carbonyl (C=O) groups excluding carboxylic acids is 1. The average Bonchev–Trinajstić information content (AvgIpc) is 2.40. The van der Waals surface area contributed by atoms with E-state index in [1.54, 1.807) is 13.2 Å². The van der Waals surface area contributed by atoms with Crippen LogP contribution in [0.5, 0.6) is 5.75 Å². The summed E-state index contributed by atoms with van der Waals surface area (Å²) in [4.78, 5) is 12.7. The molecule has 0 radical (unpaired) electrons. The highest BCUT2D eigenvalue weighted by atomic mass is 16.5. The van der Waals surface area contributed by atoms with Gasteiger partial charge in [0.1, 0.15) is 5.75 Å². The van der Waals surface area contributed by atoms with Crippen LogP contribution in [0.1, 0.15) is 0 Å². The molecule has 1 aliphatic rings. The highest BCUT2D eigenvalue weighted by Crippen LogP contribution is 2.35. The summed E-state index contributed by atoms with van der Waals surface area (Å²) in [5.74, 6) is 0.595. The van der Waals surface area contributed by atoms with Crippen molar-refractivity contribution in [1.82, 2.24) is 0 Å². The van der Waals surface area contributed by atoms with E-state index in [4.69, 9.17) is 15.2 Å². The lowest BCUT2D eigenvalue weighted by atomic mass is 10.2. The zero-order valence-electron chi connectivity index (χ0n) is 10.3. The molecule has 18 heavy (non-hydrogen) atoms. The van der Waals surface area contributed by atoms with Crippen molar-refractivity contribution >= 4 is 23.5 Å². The van der Waals surface area contributed by atoms with E-state index in [0.717, 1.165) is 18.8 Å². The fraction of sp³-hybridized carbons (Fsp3) is 0.417. The molecule has 1 saturated heterocycles. The summed E-state index contributed by atoms with van der Waals surface area (Å²) in [5, 5.41) is 2.57. The summed E-state index contributed by atoms with van der Waals surface area (Å²) in [6.45, 7) is 2.98. The summed E-state index contributed by atoms with van der Waals surface area (Å²) in [6.07, 6.45) is 0.603. The Hall–Kier alpha value is -1.95. The highest BCUT2D eigenvalue weighted by molar-refractivity contribution is 5.83. The van der Waals surface area contributed by atoms with Crippen LogP contribution in [-0.2, 0) is 9.53 Å². The van der Waals surface area contributed by atoms with Crippen molar-refractivity contribution in [2.75, 3.05) is 49.4 Å². The molecule has 1 fully saturated rings. The number of benzene rings is 1. The molecule has 6 nitrogen and oxygen atoms in total. The standard InChI is InChI=1S/C12H17N3O3/c1-17-12-7-11(15-2-4-18-5-3-15)9(13)6-10(12)14-8-16/h6-8H,2-5,13H2,1H3,(H,14,16). The van der Waals surface area contributed by atoms with Crippen LogP contribution in [0.2, 0.25) is 0 Å². The number of nitrogens with two attached hydrogens (primary N) is 1. The molecule has 0 aromatic heterocycles. The van der Waals surface area contributed by atoms with Crippen molar-refractivity contribution in [2.24, 2.45) is 0 Å². The molecule has 6 heteroatoms. The first kappa shape index (κ1) is 12.5. The van der Waals surface area contributed by atoms with Crippen LogP contribution < -0.4 is 20.7 Å². The summed E-state index contributed by atoms with van der Waals surface area (Å²) >= 11 is 0. The molecule has 1 aliphatic heterocycles. The van der Waals surface area contributed by atoms with Crippen LogP contribution in [0.15, 0.2) is 12.1 Å². The first-order valence-electron chi connectivity index (χ1n) is 5.76. The third kappa shape index (κ3) is 2.48. The molecule has 3 N–H and O–H groups in total. The number of hydrogen-bond acceptors (Lipinski definition) is 5. The first-order chi connectivity index (χ1) is 8.76. The average molecular weight is 251 g/mol. The normalized spacial score (nSPS) is 15.3. The van der Waals surface area contributed by atoms with E-state index in [0.29, 0.717) is 36.7 Å². The van der Waals surface area contributed by atoms with E-state index in [1.807, 2.05) is 6.07 Å². The summed E-state index contributed by atoms with van der Waals surface area (Å²) in [6, 6.07) is 3.55. The van der Waals surface area contributed by atoms with Gasteiger partial charge < -0.3 is 25.4 Å². The Kier molecular flexibility index (Phi) is 3.88. The second-order valence-corrected chi connectivity index (χ2v) is 3.97. The maximum atomic E-state index is 10.5. The fourth-order valence-electron chi connectivity index (χ4n) is 2.01. The molecule has 1 heterocycles. The lowest BCUT2D eigenvalue weighted by Crippen LogP contribution is -2.36. The van der Waals surface area contributed by atoms with Gasteiger partial charge in [0.25, 0.3) is 0 Å². The third-order valence-electron chi connectivity index (χ3n) is 2.91. The number of amides is 1. The molecule has 0 spiro atoms. The summed E-state index contributed by atoms with van der Waals surface area (Å²) in [5.41, 5.74) is 8.11. The van der Waals surface area contributed by atoms with E-state index >= 15 is 0 Å². The zero-order chi connectivity index (χ0) is 13.0. The maximum absolute atomic E-state index is 10.5. The van der Waals surface area contributed by atoms with E-state index in [2.05, 4.69) is 10.2 Å². The van der Waals surface area contributed by atoms with Crippen molar-refractivity contribution in [1.29, 1.82) is 0 Å². The number of anilines is 3. The van der Waals surface area contributed by atoms with Gasteiger partial charge in [-0.25, -0.2) is 0 Å². The number of methoxy groups -OCH3 is 1. The Morgan fingerprint density at radius 3 is 2.78 bits per heavy atom. The van der Waals surface area contributed by atoms with Gasteiger partial charge >= 0.3 is 0 Å². The largest absolute Gasteiger partial charge is 0.494 e. The summed E-state index contributed by atoms with van der Waals surface area (Å²) in [7, 11) is 1.56. The molecule has 1 aromatic rings. The van der Waals surface area contributed by atoms with Crippen molar-refractivity contribution in [3.63, 3.8) is 0 Å². The van der Waals surface area contributed by atoms with Gasteiger partial charge in [0, 0.05) is 19.2 Å². The fourth-order valence-corrected chi connectivity index (χ4v) is 2.01.